The van der Waals surface area contributed by atoms with Crippen LogP contribution in [-0.4, -0.2) is 68.8 Å². The number of thiophene rings is 1. The standard InChI is InChI=1S/C33H35ClN2O8S/c1-3-43-33-25(8-11-41-13-14-42-12-10-37)26(21-9-15-45-19-21)18-29(44-33)30(38)35-23-5-7-28(20(2)16-23)36-31(39)24-6-4-22(34)17-27(24)32(36)40/h4-7,9,15-19,25-26,33,37H,3,8,10-14H2,1-2H3,(H,35,38)/t25-,26-,33-/m0/s1. The van der Waals surface area contributed by atoms with Gasteiger partial charge in [0.05, 0.1) is 43.2 Å². The summed E-state index contributed by atoms with van der Waals surface area (Å²) in [4.78, 5) is 40.8. The van der Waals surface area contributed by atoms with E-state index in [0.29, 0.717) is 60.4 Å². The summed E-state index contributed by atoms with van der Waals surface area (Å²) in [5.41, 5.74) is 3.12. The number of aliphatic hydroxyl groups excluding tert-OH is 1. The van der Waals surface area contributed by atoms with Crippen LogP contribution in [0.3, 0.4) is 0 Å². The summed E-state index contributed by atoms with van der Waals surface area (Å²) in [5.74, 6) is -1.44. The van der Waals surface area contributed by atoms with Crippen molar-refractivity contribution in [3.63, 3.8) is 0 Å². The molecule has 2 aromatic carbocycles. The second kappa shape index (κ2) is 15.1. The molecule has 0 aliphatic carbocycles. The number of aryl methyl sites for hydroxylation is 1. The number of imide groups is 1. The van der Waals surface area contributed by atoms with Crippen LogP contribution in [0.4, 0.5) is 11.4 Å². The van der Waals surface area contributed by atoms with E-state index in [1.54, 1.807) is 48.6 Å². The lowest BCUT2D eigenvalue weighted by Gasteiger charge is -2.36. The first-order valence-electron chi connectivity index (χ1n) is 14.7. The van der Waals surface area contributed by atoms with Crippen molar-refractivity contribution in [3.8, 4) is 0 Å². The monoisotopic (exact) mass is 654 g/mol. The molecule has 5 rings (SSSR count). The number of aliphatic hydroxyl groups is 1. The molecule has 3 aromatic rings. The van der Waals surface area contributed by atoms with Gasteiger partial charge in [-0.05, 0) is 90.7 Å². The molecule has 3 heterocycles. The van der Waals surface area contributed by atoms with Crippen molar-refractivity contribution in [3.05, 3.63) is 92.3 Å². The molecule has 12 heteroatoms. The fraction of sp³-hybridized carbons (Fsp3) is 0.364. The lowest BCUT2D eigenvalue weighted by atomic mass is 9.82. The minimum atomic E-state index is -0.675. The van der Waals surface area contributed by atoms with E-state index in [4.69, 9.17) is 35.7 Å². The second-order valence-corrected chi connectivity index (χ2v) is 11.8. The third kappa shape index (κ3) is 7.46. The van der Waals surface area contributed by atoms with E-state index in [0.717, 1.165) is 10.5 Å². The van der Waals surface area contributed by atoms with Crippen LogP contribution in [-0.2, 0) is 23.7 Å². The molecule has 0 radical (unpaired) electrons. The highest BCUT2D eigenvalue weighted by molar-refractivity contribution is 7.08. The van der Waals surface area contributed by atoms with E-state index in [1.807, 2.05) is 24.4 Å². The summed E-state index contributed by atoms with van der Waals surface area (Å²) in [6.45, 7) is 5.52. The molecule has 3 atom stereocenters. The van der Waals surface area contributed by atoms with Crippen LogP contribution in [0, 0.1) is 12.8 Å². The molecule has 238 valence electrons. The van der Waals surface area contributed by atoms with Gasteiger partial charge in [0.1, 0.15) is 0 Å². The number of fused-ring (bicyclic) bond motifs is 1. The third-order valence-corrected chi connectivity index (χ3v) is 8.55. The number of nitrogens with one attached hydrogen (secondary N) is 1. The average molecular weight is 655 g/mol. The van der Waals surface area contributed by atoms with E-state index < -0.39 is 24.0 Å². The van der Waals surface area contributed by atoms with Crippen molar-refractivity contribution < 1.29 is 38.4 Å². The van der Waals surface area contributed by atoms with Gasteiger partial charge in [-0.3, -0.25) is 14.4 Å². The van der Waals surface area contributed by atoms with Crippen LogP contribution in [0.1, 0.15) is 51.1 Å². The fourth-order valence-electron chi connectivity index (χ4n) is 5.50. The molecule has 0 unspecified atom stereocenters. The topological polar surface area (TPSA) is 124 Å². The number of rotatable bonds is 14. The van der Waals surface area contributed by atoms with Gasteiger partial charge in [0, 0.05) is 35.8 Å². The van der Waals surface area contributed by atoms with Gasteiger partial charge in [0.25, 0.3) is 17.7 Å². The molecule has 3 amide bonds. The zero-order valence-corrected chi connectivity index (χ0v) is 26.6. The Hall–Kier alpha value is -3.58. The minimum Gasteiger partial charge on any atom is -0.459 e. The van der Waals surface area contributed by atoms with Crippen molar-refractivity contribution in [2.24, 2.45) is 5.92 Å². The number of anilines is 2. The van der Waals surface area contributed by atoms with Crippen LogP contribution in [0.25, 0.3) is 0 Å². The van der Waals surface area contributed by atoms with Gasteiger partial charge in [-0.25, -0.2) is 4.90 Å². The van der Waals surface area contributed by atoms with Gasteiger partial charge >= 0.3 is 0 Å². The van der Waals surface area contributed by atoms with Crippen molar-refractivity contribution in [2.75, 3.05) is 49.9 Å². The van der Waals surface area contributed by atoms with Crippen LogP contribution in [0.15, 0.2) is 65.1 Å². The average Bonchev–Trinajstić information content (AvgIpc) is 3.64. The van der Waals surface area contributed by atoms with E-state index >= 15 is 0 Å². The molecule has 1 aromatic heterocycles. The number of ether oxygens (including phenoxy) is 4. The maximum atomic E-state index is 13.5. The molecule has 45 heavy (non-hydrogen) atoms. The second-order valence-electron chi connectivity index (χ2n) is 10.5. The van der Waals surface area contributed by atoms with Crippen LogP contribution < -0.4 is 10.2 Å². The lowest BCUT2D eigenvalue weighted by Crippen LogP contribution is -2.38. The Morgan fingerprint density at radius 1 is 1.04 bits per heavy atom. The molecule has 0 saturated carbocycles. The highest BCUT2D eigenvalue weighted by Gasteiger charge is 2.39. The molecule has 0 spiro atoms. The highest BCUT2D eigenvalue weighted by Crippen LogP contribution is 2.40. The molecule has 10 nitrogen and oxygen atoms in total. The molecule has 2 aliphatic rings. The number of benzene rings is 2. The predicted octanol–water partition coefficient (Wildman–Crippen LogP) is 5.54. The molecule has 0 fully saturated rings. The number of amides is 3. The summed E-state index contributed by atoms with van der Waals surface area (Å²) in [6, 6.07) is 11.6. The summed E-state index contributed by atoms with van der Waals surface area (Å²) in [6.07, 6.45) is 1.78. The Morgan fingerprint density at radius 3 is 2.53 bits per heavy atom. The fourth-order valence-corrected chi connectivity index (χ4v) is 6.38. The van der Waals surface area contributed by atoms with Gasteiger partial charge < -0.3 is 29.4 Å². The predicted molar refractivity (Wildman–Crippen MR) is 171 cm³/mol. The van der Waals surface area contributed by atoms with Crippen molar-refractivity contribution in [2.45, 2.75) is 32.5 Å². The van der Waals surface area contributed by atoms with Crippen LogP contribution in [0.5, 0.6) is 0 Å². The van der Waals surface area contributed by atoms with Crippen molar-refractivity contribution in [1.29, 1.82) is 0 Å². The van der Waals surface area contributed by atoms with E-state index in [-0.39, 0.29) is 36.4 Å². The smallest absolute Gasteiger partial charge is 0.290 e. The molecule has 0 saturated heterocycles. The summed E-state index contributed by atoms with van der Waals surface area (Å²) in [7, 11) is 0. The van der Waals surface area contributed by atoms with Gasteiger partial charge in [0.2, 0.25) is 6.29 Å². The zero-order chi connectivity index (χ0) is 31.9. The SMILES string of the molecule is CCO[C@H]1OC(C(=O)Nc2ccc(N3C(=O)c4ccc(Cl)cc4C3=O)c(C)c2)=C[C@@H](c2ccsc2)[C@@H]1CCOCCOCCO. The van der Waals surface area contributed by atoms with Crippen LogP contribution in [0.2, 0.25) is 5.02 Å². The Labute approximate surface area is 270 Å². The number of hydrogen-bond acceptors (Lipinski definition) is 9. The van der Waals surface area contributed by atoms with Gasteiger partial charge in [-0.2, -0.15) is 11.3 Å². The number of hydrogen-bond donors (Lipinski definition) is 2. The largest absolute Gasteiger partial charge is 0.459 e. The van der Waals surface area contributed by atoms with Gasteiger partial charge in [-0.15, -0.1) is 0 Å². The zero-order valence-electron chi connectivity index (χ0n) is 25.0. The summed E-state index contributed by atoms with van der Waals surface area (Å²) in [5, 5.41) is 16.2. The number of halogens is 1. The minimum absolute atomic E-state index is 0.0309. The number of allylic oxidation sites excluding steroid dienone is 1. The Bertz CT molecular complexity index is 1560. The third-order valence-electron chi connectivity index (χ3n) is 7.62. The number of nitrogens with zero attached hydrogens (tertiary/aromatic N) is 1. The van der Waals surface area contributed by atoms with E-state index in [2.05, 4.69) is 10.7 Å². The number of carbonyl (C=O) groups excluding carboxylic acids is 3. The quantitative estimate of drug-likeness (QED) is 0.172. The summed E-state index contributed by atoms with van der Waals surface area (Å²) >= 11 is 7.63. The maximum Gasteiger partial charge on any atom is 0.290 e. The molecule has 2 N–H and O–H groups in total. The molecular weight excluding hydrogens is 620 g/mol. The Balaban J connectivity index is 1.30. The molecule has 2 aliphatic heterocycles. The first-order chi connectivity index (χ1) is 21.8. The van der Waals surface area contributed by atoms with E-state index in [9.17, 15) is 14.4 Å². The maximum absolute atomic E-state index is 13.5. The molecular formula is C33H35ClN2O8S. The number of carbonyl (C=O) groups is 3. The van der Waals surface area contributed by atoms with Crippen molar-refractivity contribution >= 4 is 52.0 Å². The van der Waals surface area contributed by atoms with Gasteiger partial charge in [0.15, 0.2) is 5.76 Å². The lowest BCUT2D eigenvalue weighted by molar-refractivity contribution is -0.166. The first kappa shape index (κ1) is 32.8. The molecule has 0 bridgehead atoms. The van der Waals surface area contributed by atoms with Gasteiger partial charge in [-0.1, -0.05) is 11.6 Å². The Kier molecular flexibility index (Phi) is 11.0. The van der Waals surface area contributed by atoms with E-state index in [1.165, 1.54) is 6.07 Å². The van der Waals surface area contributed by atoms with Crippen molar-refractivity contribution in [1.82, 2.24) is 0 Å². The first-order valence-corrected chi connectivity index (χ1v) is 16.0. The Morgan fingerprint density at radius 2 is 1.82 bits per heavy atom. The normalized spacial score (nSPS) is 19.3. The van der Waals surface area contributed by atoms with Crippen LogP contribution >= 0.6 is 22.9 Å². The highest BCUT2D eigenvalue weighted by atomic mass is 35.5. The summed E-state index contributed by atoms with van der Waals surface area (Å²) < 4.78 is 23.1.